The highest BCUT2D eigenvalue weighted by Crippen LogP contribution is 2.33. The second-order valence-corrected chi connectivity index (χ2v) is 7.16. The van der Waals surface area contributed by atoms with Crippen LogP contribution in [-0.2, 0) is 6.42 Å². The van der Waals surface area contributed by atoms with Crippen LogP contribution in [0.4, 0.5) is 4.39 Å². The van der Waals surface area contributed by atoms with Gasteiger partial charge in [-0.2, -0.15) is 0 Å². The van der Waals surface area contributed by atoms with Crippen molar-refractivity contribution >= 4 is 0 Å². The molecule has 0 aromatic heterocycles. The molecule has 2 nitrogen and oxygen atoms in total. The van der Waals surface area contributed by atoms with Crippen molar-refractivity contribution in [3.8, 4) is 0 Å². The number of hydrogen-bond acceptors (Lipinski definition) is 2. The van der Waals surface area contributed by atoms with E-state index >= 15 is 0 Å². The summed E-state index contributed by atoms with van der Waals surface area (Å²) in [6.07, 6.45) is 3.21. The van der Waals surface area contributed by atoms with E-state index in [1.54, 1.807) is 12.1 Å². The molecule has 1 heterocycles. The lowest BCUT2D eigenvalue weighted by Gasteiger charge is -2.47. The molecule has 112 valence electrons. The zero-order valence-electron chi connectivity index (χ0n) is 13.0. The highest BCUT2D eigenvalue weighted by molar-refractivity contribution is 5.19. The topological polar surface area (TPSA) is 29.3 Å². The number of nitrogens with zero attached hydrogens (tertiary/aromatic N) is 1. The van der Waals surface area contributed by atoms with Crippen molar-refractivity contribution in [3.63, 3.8) is 0 Å². The summed E-state index contributed by atoms with van der Waals surface area (Å²) in [4.78, 5) is 2.49. The van der Waals surface area contributed by atoms with Crippen molar-refractivity contribution in [1.82, 2.24) is 4.90 Å². The normalized spacial score (nSPS) is 22.4. The lowest BCUT2D eigenvalue weighted by Crippen LogP contribution is -2.56. The highest BCUT2D eigenvalue weighted by Gasteiger charge is 2.35. The largest absolute Gasteiger partial charge is 0.329 e. The Labute approximate surface area is 122 Å². The molecule has 0 aliphatic carbocycles. The first-order valence-corrected chi connectivity index (χ1v) is 7.54. The zero-order chi connectivity index (χ0) is 14.8. The minimum Gasteiger partial charge on any atom is -0.329 e. The predicted octanol–water partition coefficient (Wildman–Crippen LogP) is 3.21. The fourth-order valence-electron chi connectivity index (χ4n) is 3.05. The monoisotopic (exact) mass is 278 g/mol. The van der Waals surface area contributed by atoms with Crippen LogP contribution < -0.4 is 5.73 Å². The molecular weight excluding hydrogens is 251 g/mol. The summed E-state index contributed by atoms with van der Waals surface area (Å²) in [5.74, 6) is -0.165. The van der Waals surface area contributed by atoms with Gasteiger partial charge in [0.05, 0.1) is 0 Å². The maximum Gasteiger partial charge on any atom is 0.123 e. The molecule has 2 rings (SSSR count). The molecule has 20 heavy (non-hydrogen) atoms. The number of benzene rings is 1. The van der Waals surface area contributed by atoms with Crippen molar-refractivity contribution in [2.45, 2.75) is 45.6 Å². The number of nitrogens with two attached hydrogens (primary N) is 1. The number of piperidine rings is 1. The first-order chi connectivity index (χ1) is 9.35. The molecule has 1 aliphatic heterocycles. The van der Waals surface area contributed by atoms with Gasteiger partial charge in [0.1, 0.15) is 5.82 Å². The summed E-state index contributed by atoms with van der Waals surface area (Å²) >= 11 is 0. The number of halogens is 1. The van der Waals surface area contributed by atoms with E-state index < -0.39 is 0 Å². The summed E-state index contributed by atoms with van der Waals surface area (Å²) in [7, 11) is 0. The van der Waals surface area contributed by atoms with Gasteiger partial charge in [-0.15, -0.1) is 0 Å². The van der Waals surface area contributed by atoms with E-state index in [9.17, 15) is 4.39 Å². The first kappa shape index (κ1) is 15.5. The molecule has 1 aromatic rings. The Bertz CT molecular complexity index is 448. The van der Waals surface area contributed by atoms with Crippen LogP contribution in [0.2, 0.25) is 0 Å². The Kier molecular flexibility index (Phi) is 4.50. The first-order valence-electron chi connectivity index (χ1n) is 7.54. The molecule has 3 heteroatoms. The molecule has 1 saturated heterocycles. The van der Waals surface area contributed by atoms with Crippen LogP contribution in [0.1, 0.15) is 39.2 Å². The fraction of sp³-hybridized carbons (Fsp3) is 0.647. The summed E-state index contributed by atoms with van der Waals surface area (Å²) in [5.41, 5.74) is 7.44. The quantitative estimate of drug-likeness (QED) is 0.916. The number of likely N-dealkylation sites (tertiary alicyclic amines) is 1. The SMILES string of the molecule is CC1(C)CCN(C(C)(CN)Cc2cccc(F)c2)CC1. The second kappa shape index (κ2) is 5.82. The Hall–Kier alpha value is -0.930. The Balaban J connectivity index is 2.09. The van der Waals surface area contributed by atoms with Crippen LogP contribution >= 0.6 is 0 Å². The van der Waals surface area contributed by atoms with Crippen LogP contribution in [-0.4, -0.2) is 30.1 Å². The molecule has 0 amide bonds. The Morgan fingerprint density at radius 3 is 2.50 bits per heavy atom. The third-order valence-electron chi connectivity index (χ3n) is 4.79. The van der Waals surface area contributed by atoms with E-state index in [-0.39, 0.29) is 11.4 Å². The summed E-state index contributed by atoms with van der Waals surface area (Å²) in [5, 5.41) is 0. The molecule has 2 N–H and O–H groups in total. The molecule has 0 spiro atoms. The van der Waals surface area contributed by atoms with E-state index in [2.05, 4.69) is 25.7 Å². The van der Waals surface area contributed by atoms with Gasteiger partial charge in [-0.25, -0.2) is 4.39 Å². The van der Waals surface area contributed by atoms with Crippen molar-refractivity contribution in [3.05, 3.63) is 35.6 Å². The van der Waals surface area contributed by atoms with E-state index in [0.717, 1.165) is 25.1 Å². The van der Waals surface area contributed by atoms with Crippen molar-refractivity contribution in [1.29, 1.82) is 0 Å². The van der Waals surface area contributed by atoms with Crippen LogP contribution in [0.3, 0.4) is 0 Å². The van der Waals surface area contributed by atoms with Crippen LogP contribution in [0.5, 0.6) is 0 Å². The number of hydrogen-bond donors (Lipinski definition) is 1. The van der Waals surface area contributed by atoms with E-state index in [4.69, 9.17) is 5.73 Å². The van der Waals surface area contributed by atoms with Crippen molar-refractivity contribution in [2.24, 2.45) is 11.1 Å². The van der Waals surface area contributed by atoms with Crippen LogP contribution in [0, 0.1) is 11.2 Å². The number of rotatable bonds is 4. The van der Waals surface area contributed by atoms with Gasteiger partial charge in [-0.3, -0.25) is 4.90 Å². The lowest BCUT2D eigenvalue weighted by atomic mass is 9.80. The zero-order valence-corrected chi connectivity index (χ0v) is 13.0. The van der Waals surface area contributed by atoms with E-state index in [1.165, 1.54) is 18.9 Å². The van der Waals surface area contributed by atoms with Gasteiger partial charge in [-0.05, 0) is 62.4 Å². The van der Waals surface area contributed by atoms with Gasteiger partial charge in [0.2, 0.25) is 0 Å². The summed E-state index contributed by atoms with van der Waals surface area (Å²) in [6, 6.07) is 6.89. The van der Waals surface area contributed by atoms with Gasteiger partial charge >= 0.3 is 0 Å². The highest BCUT2D eigenvalue weighted by atomic mass is 19.1. The van der Waals surface area contributed by atoms with Gasteiger partial charge in [0, 0.05) is 12.1 Å². The molecule has 1 aliphatic rings. The maximum absolute atomic E-state index is 13.3. The summed E-state index contributed by atoms with van der Waals surface area (Å²) < 4.78 is 13.3. The van der Waals surface area contributed by atoms with Crippen LogP contribution in [0.25, 0.3) is 0 Å². The molecule has 1 atom stereocenters. The third kappa shape index (κ3) is 3.58. The average molecular weight is 278 g/mol. The Morgan fingerprint density at radius 1 is 1.30 bits per heavy atom. The Morgan fingerprint density at radius 2 is 1.95 bits per heavy atom. The lowest BCUT2D eigenvalue weighted by molar-refractivity contribution is 0.0430. The molecule has 1 aromatic carbocycles. The van der Waals surface area contributed by atoms with Gasteiger partial charge < -0.3 is 5.73 Å². The second-order valence-electron chi connectivity index (χ2n) is 7.16. The minimum atomic E-state index is -0.165. The van der Waals surface area contributed by atoms with Gasteiger partial charge in [0.25, 0.3) is 0 Å². The molecule has 0 saturated carbocycles. The standard InChI is InChI=1S/C17H27FN2/c1-16(2)7-9-20(10-8-16)17(3,13-19)12-14-5-4-6-15(18)11-14/h4-6,11H,7-10,12-13,19H2,1-3H3. The average Bonchev–Trinajstić information content (AvgIpc) is 2.38. The van der Waals surface area contributed by atoms with Crippen molar-refractivity contribution < 1.29 is 4.39 Å². The fourth-order valence-corrected chi connectivity index (χ4v) is 3.05. The molecule has 1 unspecified atom stereocenters. The third-order valence-corrected chi connectivity index (χ3v) is 4.79. The van der Waals surface area contributed by atoms with E-state index in [1.807, 2.05) is 6.07 Å². The van der Waals surface area contributed by atoms with Crippen LogP contribution in [0.15, 0.2) is 24.3 Å². The molecular formula is C17H27FN2. The van der Waals surface area contributed by atoms with Crippen molar-refractivity contribution in [2.75, 3.05) is 19.6 Å². The van der Waals surface area contributed by atoms with E-state index in [0.29, 0.717) is 12.0 Å². The molecule has 0 radical (unpaired) electrons. The predicted molar refractivity (Wildman–Crippen MR) is 82.2 cm³/mol. The van der Waals surface area contributed by atoms with Gasteiger partial charge in [-0.1, -0.05) is 26.0 Å². The maximum atomic E-state index is 13.3. The minimum absolute atomic E-state index is 0.0791. The van der Waals surface area contributed by atoms with Gasteiger partial charge in [0.15, 0.2) is 0 Å². The summed E-state index contributed by atoms with van der Waals surface area (Å²) in [6.45, 7) is 9.62. The smallest absolute Gasteiger partial charge is 0.123 e. The molecule has 0 bridgehead atoms. The molecule has 1 fully saturated rings.